The lowest BCUT2D eigenvalue weighted by Crippen LogP contribution is -2.38. The monoisotopic (exact) mass is 254 g/mol. The van der Waals surface area contributed by atoms with E-state index >= 15 is 0 Å². The first-order valence-electron chi connectivity index (χ1n) is 6.19. The minimum Gasteiger partial charge on any atom is -0.328 e. The maximum Gasteiger partial charge on any atom is 0.321 e. The Morgan fingerprint density at radius 1 is 1.16 bits per heavy atom. The molecule has 0 atom stereocenters. The Kier molecular flexibility index (Phi) is 2.87. The van der Waals surface area contributed by atoms with E-state index < -0.39 is 0 Å². The highest BCUT2D eigenvalue weighted by atomic mass is 16.2. The third kappa shape index (κ3) is 2.54. The van der Waals surface area contributed by atoms with Crippen molar-refractivity contribution >= 4 is 11.8 Å². The van der Waals surface area contributed by atoms with Crippen molar-refractivity contribution in [2.45, 2.75) is 18.4 Å². The minimum absolute atomic E-state index is 0.210. The van der Waals surface area contributed by atoms with Gasteiger partial charge in [-0.25, -0.2) is 14.8 Å². The molecule has 1 fully saturated rings. The Labute approximate surface area is 111 Å². The molecule has 0 unspecified atom stereocenters. The number of anilines is 1. The predicted octanol–water partition coefficient (Wildman–Crippen LogP) is 2.29. The summed E-state index contributed by atoms with van der Waals surface area (Å²) in [5.41, 5.74) is 0.936. The fourth-order valence-corrected chi connectivity index (χ4v) is 2.10. The molecule has 2 aromatic rings. The van der Waals surface area contributed by atoms with Crippen molar-refractivity contribution in [3.63, 3.8) is 0 Å². The summed E-state index contributed by atoms with van der Waals surface area (Å²) in [5.74, 6) is 0.497. The molecule has 1 aliphatic rings. The maximum atomic E-state index is 12.0. The molecule has 2 amide bonds. The van der Waals surface area contributed by atoms with Gasteiger partial charge in [0.1, 0.15) is 12.1 Å². The molecule has 0 spiro atoms. The first-order valence-corrected chi connectivity index (χ1v) is 6.19. The van der Waals surface area contributed by atoms with Gasteiger partial charge in [0.15, 0.2) is 0 Å². The van der Waals surface area contributed by atoms with Crippen LogP contribution in [0.5, 0.6) is 0 Å². The van der Waals surface area contributed by atoms with E-state index in [2.05, 4.69) is 20.6 Å². The molecule has 96 valence electrons. The summed E-state index contributed by atoms with van der Waals surface area (Å²) in [5, 5.41) is 5.73. The van der Waals surface area contributed by atoms with Gasteiger partial charge in [-0.2, -0.15) is 0 Å². The van der Waals surface area contributed by atoms with Crippen molar-refractivity contribution < 1.29 is 4.79 Å². The normalized spacial score (nSPS) is 15.6. The van der Waals surface area contributed by atoms with Gasteiger partial charge in [-0.15, -0.1) is 0 Å². The number of carbonyl (C=O) groups is 1. The second-order valence-corrected chi connectivity index (χ2v) is 4.62. The smallest absolute Gasteiger partial charge is 0.321 e. The Morgan fingerprint density at radius 2 is 1.95 bits per heavy atom. The number of rotatable bonds is 3. The summed E-state index contributed by atoms with van der Waals surface area (Å²) in [6, 6.07) is 11.4. The van der Waals surface area contributed by atoms with Crippen molar-refractivity contribution in [3.05, 3.63) is 54.5 Å². The second-order valence-electron chi connectivity index (χ2n) is 4.62. The van der Waals surface area contributed by atoms with Crippen LogP contribution in [0.3, 0.4) is 0 Å². The van der Waals surface area contributed by atoms with E-state index in [1.54, 1.807) is 12.3 Å². The molecule has 19 heavy (non-hydrogen) atoms. The quantitative estimate of drug-likeness (QED) is 0.883. The number of carbonyl (C=O) groups excluding carboxylic acids is 1. The number of aromatic nitrogens is 2. The topological polar surface area (TPSA) is 66.9 Å². The van der Waals surface area contributed by atoms with Crippen molar-refractivity contribution in [2.24, 2.45) is 0 Å². The van der Waals surface area contributed by atoms with Crippen molar-refractivity contribution in [1.82, 2.24) is 15.3 Å². The standard InChI is InChI=1S/C14H14N4O/c19-13(17-12-6-9-15-10-16-12)18-14(7-8-14)11-4-2-1-3-5-11/h1-6,9-10H,7-8H2,(H2,15,16,17,18,19). The number of nitrogens with one attached hydrogen (secondary N) is 2. The van der Waals surface area contributed by atoms with Crippen molar-refractivity contribution in [2.75, 3.05) is 5.32 Å². The zero-order chi connectivity index (χ0) is 13.1. The van der Waals surface area contributed by atoms with E-state index in [0.29, 0.717) is 5.82 Å². The van der Waals surface area contributed by atoms with Gasteiger partial charge in [0.25, 0.3) is 0 Å². The lowest BCUT2D eigenvalue weighted by Gasteiger charge is -2.18. The summed E-state index contributed by atoms with van der Waals surface area (Å²) < 4.78 is 0. The summed E-state index contributed by atoms with van der Waals surface area (Å²) in [4.78, 5) is 19.7. The molecule has 1 heterocycles. The van der Waals surface area contributed by atoms with Crippen LogP contribution in [-0.2, 0) is 5.54 Å². The fourth-order valence-electron chi connectivity index (χ4n) is 2.10. The maximum absolute atomic E-state index is 12.0. The molecule has 5 nitrogen and oxygen atoms in total. The lowest BCUT2D eigenvalue weighted by molar-refractivity contribution is 0.247. The summed E-state index contributed by atoms with van der Waals surface area (Å²) >= 11 is 0. The molecule has 1 saturated carbocycles. The molecule has 1 aromatic heterocycles. The average Bonchev–Trinajstić information content (AvgIpc) is 3.21. The summed E-state index contributed by atoms with van der Waals surface area (Å²) in [6.07, 6.45) is 4.93. The summed E-state index contributed by atoms with van der Waals surface area (Å²) in [6.45, 7) is 0. The molecule has 0 bridgehead atoms. The van der Waals surface area contributed by atoms with Crippen molar-refractivity contribution in [1.29, 1.82) is 0 Å². The van der Waals surface area contributed by atoms with Crippen LogP contribution >= 0.6 is 0 Å². The van der Waals surface area contributed by atoms with E-state index in [0.717, 1.165) is 18.4 Å². The summed E-state index contributed by atoms with van der Waals surface area (Å²) in [7, 11) is 0. The minimum atomic E-state index is -0.236. The number of benzene rings is 1. The van der Waals surface area contributed by atoms with E-state index in [-0.39, 0.29) is 11.6 Å². The van der Waals surface area contributed by atoms with Crippen LogP contribution in [0.2, 0.25) is 0 Å². The molecule has 3 rings (SSSR count). The van der Waals surface area contributed by atoms with Gasteiger partial charge < -0.3 is 5.32 Å². The SMILES string of the molecule is O=C(Nc1ccncn1)NC1(c2ccccc2)CC1. The zero-order valence-electron chi connectivity index (χ0n) is 10.3. The highest BCUT2D eigenvalue weighted by Crippen LogP contribution is 2.45. The molecule has 0 saturated heterocycles. The molecule has 0 radical (unpaired) electrons. The average molecular weight is 254 g/mol. The van der Waals surface area contributed by atoms with Crippen molar-refractivity contribution in [3.8, 4) is 0 Å². The Morgan fingerprint density at radius 3 is 2.58 bits per heavy atom. The molecule has 1 aromatic carbocycles. The van der Waals surface area contributed by atoms with Crippen LogP contribution in [0.4, 0.5) is 10.6 Å². The third-order valence-electron chi connectivity index (χ3n) is 3.25. The highest BCUT2D eigenvalue weighted by molar-refractivity contribution is 5.89. The van der Waals surface area contributed by atoms with Gasteiger partial charge in [-0.1, -0.05) is 30.3 Å². The predicted molar refractivity (Wildman–Crippen MR) is 71.5 cm³/mol. The molecule has 2 N–H and O–H groups in total. The van der Waals surface area contributed by atoms with Gasteiger partial charge in [0.05, 0.1) is 5.54 Å². The van der Waals surface area contributed by atoms with Gasteiger partial charge in [-0.3, -0.25) is 5.32 Å². The highest BCUT2D eigenvalue weighted by Gasteiger charge is 2.45. The van der Waals surface area contributed by atoms with E-state index in [9.17, 15) is 4.79 Å². The van der Waals surface area contributed by atoms with Crippen LogP contribution in [0.1, 0.15) is 18.4 Å². The van der Waals surface area contributed by atoms with Crippen LogP contribution in [0.25, 0.3) is 0 Å². The van der Waals surface area contributed by atoms with E-state index in [4.69, 9.17) is 0 Å². The Bertz CT molecular complexity index is 567. The Hall–Kier alpha value is -2.43. The number of hydrogen-bond acceptors (Lipinski definition) is 3. The van der Waals surface area contributed by atoms with Gasteiger partial charge in [0, 0.05) is 6.20 Å². The molecule has 5 heteroatoms. The van der Waals surface area contributed by atoms with Crippen LogP contribution in [0.15, 0.2) is 48.9 Å². The largest absolute Gasteiger partial charge is 0.328 e. The first-order chi connectivity index (χ1) is 9.28. The molecule has 0 aliphatic heterocycles. The lowest BCUT2D eigenvalue weighted by atomic mass is 10.1. The third-order valence-corrected chi connectivity index (χ3v) is 3.25. The number of nitrogens with zero attached hydrogens (tertiary/aromatic N) is 2. The number of amides is 2. The van der Waals surface area contributed by atoms with Crippen LogP contribution in [-0.4, -0.2) is 16.0 Å². The number of hydrogen-bond donors (Lipinski definition) is 2. The van der Waals surface area contributed by atoms with E-state index in [1.807, 2.05) is 30.3 Å². The van der Waals surface area contributed by atoms with Gasteiger partial charge in [0.2, 0.25) is 0 Å². The van der Waals surface area contributed by atoms with Gasteiger partial charge >= 0.3 is 6.03 Å². The van der Waals surface area contributed by atoms with Crippen LogP contribution in [0, 0.1) is 0 Å². The molecule has 1 aliphatic carbocycles. The number of urea groups is 1. The molecular formula is C14H14N4O. The zero-order valence-corrected chi connectivity index (χ0v) is 10.3. The second kappa shape index (κ2) is 4.68. The fraction of sp³-hybridized carbons (Fsp3) is 0.214. The van der Waals surface area contributed by atoms with E-state index in [1.165, 1.54) is 6.33 Å². The molecular weight excluding hydrogens is 240 g/mol. The van der Waals surface area contributed by atoms with Crippen LogP contribution < -0.4 is 10.6 Å². The Balaban J connectivity index is 1.67. The van der Waals surface area contributed by atoms with Gasteiger partial charge in [-0.05, 0) is 24.5 Å². The first kappa shape index (κ1) is 11.6.